The van der Waals surface area contributed by atoms with Gasteiger partial charge in [0.15, 0.2) is 5.96 Å². The van der Waals surface area contributed by atoms with Crippen LogP contribution in [0, 0.1) is 0 Å². The van der Waals surface area contributed by atoms with Crippen molar-refractivity contribution in [3.05, 3.63) is 59.7 Å². The molecule has 0 fully saturated rings. The van der Waals surface area contributed by atoms with Crippen molar-refractivity contribution in [3.8, 4) is 11.5 Å². The highest BCUT2D eigenvalue weighted by molar-refractivity contribution is 14.0. The maximum atomic E-state index is 12.1. The molecule has 2 aromatic rings. The van der Waals surface area contributed by atoms with Gasteiger partial charge in [0.1, 0.15) is 11.5 Å². The lowest BCUT2D eigenvalue weighted by atomic mass is 10.1. The fraction of sp³-hybridized carbons (Fsp3) is 0.278. The molecule has 0 aromatic heterocycles. The Morgan fingerprint density at radius 2 is 1.35 bits per heavy atom. The number of hydrogen-bond donors (Lipinski definition) is 3. The highest BCUT2D eigenvalue weighted by atomic mass is 127. The summed E-state index contributed by atoms with van der Waals surface area (Å²) in [5.41, 5.74) is 6.55. The number of rotatable bonds is 7. The number of aliphatic imine (C=N–C) groups is 1. The molecule has 0 saturated heterocycles. The molecule has 0 amide bonds. The van der Waals surface area contributed by atoms with Gasteiger partial charge >= 0.3 is 12.7 Å². The number of nitrogens with zero attached hydrogens (tertiary/aromatic N) is 1. The van der Waals surface area contributed by atoms with Gasteiger partial charge in [-0.25, -0.2) is 4.99 Å². The number of hydrogen-bond acceptors (Lipinski definition) is 4. The van der Waals surface area contributed by atoms with Gasteiger partial charge in [-0.15, -0.1) is 50.3 Å². The van der Waals surface area contributed by atoms with Gasteiger partial charge < -0.3 is 25.6 Å². The molecule has 2 rings (SSSR count). The quantitative estimate of drug-likeness (QED) is 0.203. The third-order valence-electron chi connectivity index (χ3n) is 3.56. The Kier molecular flexibility index (Phi) is 9.68. The van der Waals surface area contributed by atoms with Crippen LogP contribution in [0.4, 0.5) is 26.3 Å². The number of nitrogens with two attached hydrogens (primary N) is 1. The van der Waals surface area contributed by atoms with E-state index in [0.29, 0.717) is 11.1 Å². The molecule has 13 heteroatoms. The number of aliphatic hydroxyl groups excluding tert-OH is 1. The molecule has 0 aliphatic carbocycles. The zero-order chi connectivity index (χ0) is 22.4. The molecule has 0 aliphatic rings. The van der Waals surface area contributed by atoms with Crippen LogP contribution in [0.3, 0.4) is 0 Å². The zero-order valence-corrected chi connectivity index (χ0v) is 17.9. The predicted octanol–water partition coefficient (Wildman–Crippen LogP) is 4.24. The van der Waals surface area contributed by atoms with E-state index in [1.54, 1.807) is 0 Å². The lowest BCUT2D eigenvalue weighted by Gasteiger charge is -2.14. The first-order chi connectivity index (χ1) is 13.9. The van der Waals surface area contributed by atoms with Gasteiger partial charge in [0.2, 0.25) is 0 Å². The van der Waals surface area contributed by atoms with Crippen molar-refractivity contribution < 1.29 is 40.9 Å². The lowest BCUT2D eigenvalue weighted by Crippen LogP contribution is -2.34. The molecule has 2 aromatic carbocycles. The molecular weight excluding hydrogens is 547 g/mol. The number of ether oxygens (including phenoxy) is 2. The van der Waals surface area contributed by atoms with Crippen LogP contribution >= 0.6 is 24.0 Å². The molecule has 4 N–H and O–H groups in total. The van der Waals surface area contributed by atoms with E-state index in [9.17, 15) is 31.4 Å². The summed E-state index contributed by atoms with van der Waals surface area (Å²) in [5, 5.41) is 12.7. The van der Waals surface area contributed by atoms with Crippen LogP contribution in [0.15, 0.2) is 53.5 Å². The summed E-state index contributed by atoms with van der Waals surface area (Å²) in [6.07, 6.45) is -10.7. The average Bonchev–Trinajstić information content (AvgIpc) is 2.63. The Balaban J connectivity index is 0.00000480. The summed E-state index contributed by atoms with van der Waals surface area (Å²) in [4.78, 5) is 3.98. The van der Waals surface area contributed by atoms with Crippen molar-refractivity contribution in [3.63, 3.8) is 0 Å². The van der Waals surface area contributed by atoms with Crippen molar-refractivity contribution in [2.45, 2.75) is 25.4 Å². The minimum atomic E-state index is -4.81. The fourth-order valence-electron chi connectivity index (χ4n) is 2.24. The van der Waals surface area contributed by atoms with Gasteiger partial charge in [-0.3, -0.25) is 0 Å². The first kappa shape index (κ1) is 26.6. The van der Waals surface area contributed by atoms with E-state index in [2.05, 4.69) is 19.8 Å². The molecule has 1 unspecified atom stereocenters. The molecular formula is C18H18F6IN3O3. The first-order valence-corrected chi connectivity index (χ1v) is 8.33. The smallest absolute Gasteiger partial charge is 0.406 e. The molecule has 31 heavy (non-hydrogen) atoms. The standard InChI is InChI=1S/C18H17F6N3O3.HI/c19-17(20,21)29-13-5-1-11(2-6-13)9-26-16(25)27-10-15(28)12-3-7-14(8-4-12)30-18(22,23)24;/h1-8,15,28H,9-10H2,(H3,25,26,27);1H. The molecule has 172 valence electrons. The summed E-state index contributed by atoms with van der Waals surface area (Å²) >= 11 is 0. The third-order valence-corrected chi connectivity index (χ3v) is 3.56. The Hall–Kier alpha value is -2.42. The van der Waals surface area contributed by atoms with Gasteiger partial charge in [0.25, 0.3) is 0 Å². The van der Waals surface area contributed by atoms with Crippen LogP contribution in [0.1, 0.15) is 17.2 Å². The van der Waals surface area contributed by atoms with Crippen molar-refractivity contribution in [1.29, 1.82) is 0 Å². The van der Waals surface area contributed by atoms with E-state index in [1.807, 2.05) is 0 Å². The lowest BCUT2D eigenvalue weighted by molar-refractivity contribution is -0.275. The van der Waals surface area contributed by atoms with E-state index in [1.165, 1.54) is 24.3 Å². The van der Waals surface area contributed by atoms with E-state index >= 15 is 0 Å². The van der Waals surface area contributed by atoms with Gasteiger partial charge in [-0.2, -0.15) is 0 Å². The Labute approximate surface area is 190 Å². The van der Waals surface area contributed by atoms with Gasteiger partial charge in [-0.1, -0.05) is 24.3 Å². The monoisotopic (exact) mass is 565 g/mol. The number of benzene rings is 2. The molecule has 0 saturated carbocycles. The number of alkyl halides is 6. The molecule has 0 spiro atoms. The van der Waals surface area contributed by atoms with E-state index < -0.39 is 24.6 Å². The minimum Gasteiger partial charge on any atom is -0.406 e. The summed E-state index contributed by atoms with van der Waals surface area (Å²) in [5.74, 6) is -0.822. The molecule has 0 bridgehead atoms. The maximum absolute atomic E-state index is 12.1. The summed E-state index contributed by atoms with van der Waals surface area (Å²) < 4.78 is 80.2. The van der Waals surface area contributed by atoms with Gasteiger partial charge in [0, 0.05) is 6.54 Å². The second-order valence-corrected chi connectivity index (χ2v) is 5.91. The number of nitrogens with one attached hydrogen (secondary N) is 1. The molecule has 0 aliphatic heterocycles. The van der Waals surface area contributed by atoms with Crippen molar-refractivity contribution in [2.24, 2.45) is 10.7 Å². The molecule has 6 nitrogen and oxygen atoms in total. The first-order valence-electron chi connectivity index (χ1n) is 8.33. The Morgan fingerprint density at radius 3 is 1.81 bits per heavy atom. The number of halogens is 7. The summed E-state index contributed by atoms with van der Waals surface area (Å²) in [6, 6.07) is 9.71. The number of aliphatic hydroxyl groups is 1. The van der Waals surface area contributed by atoms with Crippen molar-refractivity contribution in [2.75, 3.05) is 6.54 Å². The Morgan fingerprint density at radius 1 is 0.903 bits per heavy atom. The summed E-state index contributed by atoms with van der Waals surface area (Å²) in [6.45, 7) is -0.0160. The van der Waals surface area contributed by atoms with Crippen LogP contribution in [0.2, 0.25) is 0 Å². The molecule has 0 radical (unpaired) electrons. The fourth-order valence-corrected chi connectivity index (χ4v) is 2.24. The normalized spacial score (nSPS) is 13.2. The van der Waals surface area contributed by atoms with E-state index in [4.69, 9.17) is 5.73 Å². The van der Waals surface area contributed by atoms with Gasteiger partial charge in [-0.05, 0) is 35.4 Å². The maximum Gasteiger partial charge on any atom is 0.573 e. The topological polar surface area (TPSA) is 89.1 Å². The minimum absolute atomic E-state index is 0. The largest absolute Gasteiger partial charge is 0.573 e. The molecule has 0 heterocycles. The van der Waals surface area contributed by atoms with Crippen LogP contribution < -0.4 is 20.5 Å². The average molecular weight is 565 g/mol. The third kappa shape index (κ3) is 10.4. The Bertz CT molecular complexity index is 843. The second-order valence-electron chi connectivity index (χ2n) is 5.91. The van der Waals surface area contributed by atoms with Gasteiger partial charge in [0.05, 0.1) is 12.6 Å². The van der Waals surface area contributed by atoms with Crippen LogP contribution in [-0.2, 0) is 6.54 Å². The summed E-state index contributed by atoms with van der Waals surface area (Å²) in [7, 11) is 0. The number of guanidine groups is 1. The second kappa shape index (κ2) is 11.3. The van der Waals surface area contributed by atoms with Crippen molar-refractivity contribution in [1.82, 2.24) is 5.32 Å². The highest BCUT2D eigenvalue weighted by Crippen LogP contribution is 2.24. The van der Waals surface area contributed by atoms with Crippen LogP contribution in [0.5, 0.6) is 11.5 Å². The molecule has 1 atom stereocenters. The van der Waals surface area contributed by atoms with Crippen molar-refractivity contribution >= 4 is 29.9 Å². The SMILES string of the molecule is I.NC(=NCc1ccc(OC(F)(F)F)cc1)NCC(O)c1ccc(OC(F)(F)F)cc1. The zero-order valence-electron chi connectivity index (χ0n) is 15.6. The van der Waals surface area contributed by atoms with Crippen LogP contribution in [0.25, 0.3) is 0 Å². The highest BCUT2D eigenvalue weighted by Gasteiger charge is 2.31. The van der Waals surface area contributed by atoms with E-state index in [0.717, 1.165) is 24.3 Å². The predicted molar refractivity (Wildman–Crippen MR) is 110 cm³/mol. The van der Waals surface area contributed by atoms with E-state index in [-0.39, 0.29) is 48.8 Å². The van der Waals surface area contributed by atoms with Crippen LogP contribution in [-0.4, -0.2) is 30.3 Å².